The van der Waals surface area contributed by atoms with Gasteiger partial charge in [-0.3, -0.25) is 5.10 Å². The van der Waals surface area contributed by atoms with Crippen LogP contribution in [0, 0.1) is 6.92 Å². The molecule has 1 aromatic rings. The monoisotopic (exact) mass is 300 g/mol. The molecule has 0 aromatic carbocycles. The van der Waals surface area contributed by atoms with Gasteiger partial charge in [-0.2, -0.15) is 9.40 Å². The fourth-order valence-electron chi connectivity index (χ4n) is 3.24. The van der Waals surface area contributed by atoms with Gasteiger partial charge in [0.05, 0.1) is 11.9 Å². The zero-order valence-corrected chi connectivity index (χ0v) is 13.0. The lowest BCUT2D eigenvalue weighted by Crippen LogP contribution is -2.57. The second-order valence-electron chi connectivity index (χ2n) is 5.52. The van der Waals surface area contributed by atoms with Gasteiger partial charge in [-0.25, -0.2) is 8.42 Å². The van der Waals surface area contributed by atoms with Crippen molar-refractivity contribution in [2.24, 2.45) is 5.73 Å². The summed E-state index contributed by atoms with van der Waals surface area (Å²) in [5, 5.41) is 6.54. The molecule has 0 unspecified atom stereocenters. The first-order valence-corrected chi connectivity index (χ1v) is 8.65. The first-order valence-electron chi connectivity index (χ1n) is 7.21. The number of aromatic nitrogens is 2. The molecule has 2 rings (SSSR count). The van der Waals surface area contributed by atoms with E-state index in [4.69, 9.17) is 5.73 Å². The maximum atomic E-state index is 12.9. The van der Waals surface area contributed by atoms with Gasteiger partial charge >= 0.3 is 0 Å². The third kappa shape index (κ3) is 2.49. The number of hydrogen-bond acceptors (Lipinski definition) is 4. The van der Waals surface area contributed by atoms with Crippen LogP contribution in [-0.4, -0.2) is 41.5 Å². The van der Waals surface area contributed by atoms with Crippen molar-refractivity contribution in [3.63, 3.8) is 0 Å². The summed E-state index contributed by atoms with van der Waals surface area (Å²) in [5.41, 5.74) is 6.11. The molecule has 114 valence electrons. The van der Waals surface area contributed by atoms with E-state index in [1.54, 1.807) is 11.2 Å². The van der Waals surface area contributed by atoms with Crippen molar-refractivity contribution < 1.29 is 8.42 Å². The lowest BCUT2D eigenvalue weighted by Gasteiger charge is -2.44. The molecule has 7 heteroatoms. The molecule has 0 bridgehead atoms. The molecule has 20 heavy (non-hydrogen) atoms. The second kappa shape index (κ2) is 5.83. The van der Waals surface area contributed by atoms with E-state index >= 15 is 0 Å². The van der Waals surface area contributed by atoms with Crippen LogP contribution in [-0.2, 0) is 10.0 Å². The molecular weight excluding hydrogens is 276 g/mol. The van der Waals surface area contributed by atoms with Crippen LogP contribution in [0.2, 0.25) is 0 Å². The van der Waals surface area contributed by atoms with Crippen LogP contribution >= 0.6 is 0 Å². The summed E-state index contributed by atoms with van der Waals surface area (Å²) in [5.74, 6) is 0. The first-order chi connectivity index (χ1) is 9.48. The number of aromatic amines is 1. The molecule has 1 fully saturated rings. The van der Waals surface area contributed by atoms with E-state index in [1.165, 1.54) is 6.20 Å². The molecule has 1 heterocycles. The molecule has 6 nitrogen and oxygen atoms in total. The minimum Gasteiger partial charge on any atom is -0.329 e. The predicted octanol–water partition coefficient (Wildman–Crippen LogP) is 1.39. The van der Waals surface area contributed by atoms with Crippen LogP contribution in [0.5, 0.6) is 0 Å². The second-order valence-corrected chi connectivity index (χ2v) is 7.35. The van der Waals surface area contributed by atoms with Gasteiger partial charge in [0.25, 0.3) is 0 Å². The zero-order chi connectivity index (χ0) is 14.8. The minimum absolute atomic E-state index is 0.262. The van der Waals surface area contributed by atoms with Gasteiger partial charge in [-0.05, 0) is 19.8 Å². The van der Waals surface area contributed by atoms with Crippen molar-refractivity contribution in [1.29, 1.82) is 0 Å². The Morgan fingerprint density at radius 1 is 1.40 bits per heavy atom. The van der Waals surface area contributed by atoms with Crippen molar-refractivity contribution in [2.45, 2.75) is 56.4 Å². The van der Waals surface area contributed by atoms with Crippen LogP contribution in [0.3, 0.4) is 0 Å². The largest absolute Gasteiger partial charge is 0.329 e. The Labute approximate surface area is 120 Å². The third-order valence-corrected chi connectivity index (χ3v) is 6.53. The highest BCUT2D eigenvalue weighted by atomic mass is 32.2. The number of nitrogens with two attached hydrogens (primary N) is 1. The normalized spacial score (nSPS) is 19.4. The van der Waals surface area contributed by atoms with Crippen molar-refractivity contribution in [2.75, 3.05) is 13.1 Å². The van der Waals surface area contributed by atoms with E-state index in [2.05, 4.69) is 10.2 Å². The van der Waals surface area contributed by atoms with Crippen LogP contribution in [0.1, 0.15) is 44.7 Å². The van der Waals surface area contributed by atoms with Crippen LogP contribution < -0.4 is 5.73 Å². The van der Waals surface area contributed by atoms with Crippen molar-refractivity contribution in [1.82, 2.24) is 14.5 Å². The van der Waals surface area contributed by atoms with Gasteiger partial charge < -0.3 is 5.73 Å². The molecule has 3 N–H and O–H groups in total. The summed E-state index contributed by atoms with van der Waals surface area (Å²) >= 11 is 0. The maximum Gasteiger partial charge on any atom is 0.246 e. The maximum absolute atomic E-state index is 12.9. The van der Waals surface area contributed by atoms with E-state index in [1.807, 2.05) is 6.92 Å². The molecule has 1 aromatic heterocycles. The van der Waals surface area contributed by atoms with Gasteiger partial charge in [-0.1, -0.05) is 26.2 Å². The number of H-pyrrole nitrogens is 1. The number of rotatable bonds is 5. The van der Waals surface area contributed by atoms with Gasteiger partial charge in [0.1, 0.15) is 4.90 Å². The fraction of sp³-hybridized carbons (Fsp3) is 0.769. The smallest absolute Gasteiger partial charge is 0.246 e. The number of likely N-dealkylation sites (N-methyl/N-ethyl adjacent to an activating group) is 1. The molecule has 0 radical (unpaired) electrons. The summed E-state index contributed by atoms with van der Waals surface area (Å²) in [6.07, 6.45) is 6.30. The number of sulfonamides is 1. The Hall–Kier alpha value is -0.920. The Kier molecular flexibility index (Phi) is 4.51. The quantitative estimate of drug-likeness (QED) is 0.859. The zero-order valence-electron chi connectivity index (χ0n) is 12.2. The topological polar surface area (TPSA) is 92.1 Å². The Bertz CT molecular complexity index is 546. The highest BCUT2D eigenvalue weighted by molar-refractivity contribution is 7.89. The lowest BCUT2D eigenvalue weighted by atomic mass is 9.81. The van der Waals surface area contributed by atoms with Crippen molar-refractivity contribution in [3.8, 4) is 0 Å². The summed E-state index contributed by atoms with van der Waals surface area (Å²) in [7, 11) is -3.55. The highest BCUT2D eigenvalue weighted by Gasteiger charge is 2.43. The molecule has 0 aliphatic heterocycles. The minimum atomic E-state index is -3.55. The molecule has 0 amide bonds. The Morgan fingerprint density at radius 2 is 2.05 bits per heavy atom. The van der Waals surface area contributed by atoms with E-state index in [-0.39, 0.29) is 4.90 Å². The number of nitrogens with zero attached hydrogens (tertiary/aromatic N) is 2. The molecule has 1 aliphatic carbocycles. The standard InChI is InChI=1S/C13H24N4O2S/c1-3-17(13(10-14)7-5-4-6-8-13)20(18,19)12-9-15-16-11(12)2/h9H,3-8,10,14H2,1-2H3,(H,15,16). The predicted molar refractivity (Wildman–Crippen MR) is 77.8 cm³/mol. The van der Waals surface area contributed by atoms with E-state index < -0.39 is 15.6 Å². The van der Waals surface area contributed by atoms with Gasteiger partial charge in [-0.15, -0.1) is 0 Å². The van der Waals surface area contributed by atoms with Gasteiger partial charge in [0, 0.05) is 18.6 Å². The first kappa shape index (κ1) is 15.5. The lowest BCUT2D eigenvalue weighted by molar-refractivity contribution is 0.141. The van der Waals surface area contributed by atoms with Crippen molar-refractivity contribution in [3.05, 3.63) is 11.9 Å². The SMILES string of the molecule is CCN(C1(CN)CCCCC1)S(=O)(=O)c1cn[nH]c1C. The average Bonchev–Trinajstić information content (AvgIpc) is 2.87. The van der Waals surface area contributed by atoms with E-state index in [0.29, 0.717) is 18.8 Å². The highest BCUT2D eigenvalue weighted by Crippen LogP contribution is 2.36. The molecule has 1 saturated carbocycles. The van der Waals surface area contributed by atoms with E-state index in [0.717, 1.165) is 32.1 Å². The summed E-state index contributed by atoms with van der Waals surface area (Å²) in [6, 6.07) is 0. The summed E-state index contributed by atoms with van der Waals surface area (Å²) < 4.78 is 27.4. The third-order valence-electron chi connectivity index (χ3n) is 4.33. The fourth-order valence-corrected chi connectivity index (χ4v) is 5.21. The molecule has 0 spiro atoms. The molecular formula is C13H24N4O2S. The van der Waals surface area contributed by atoms with E-state index in [9.17, 15) is 8.42 Å². The summed E-state index contributed by atoms with van der Waals surface area (Å²) in [4.78, 5) is 0.262. The molecule has 0 atom stereocenters. The number of aryl methyl sites for hydroxylation is 1. The molecule has 0 saturated heterocycles. The average molecular weight is 300 g/mol. The molecule has 1 aliphatic rings. The Balaban J connectivity index is 2.43. The number of hydrogen-bond donors (Lipinski definition) is 2. The number of nitrogens with one attached hydrogen (secondary N) is 1. The van der Waals surface area contributed by atoms with Gasteiger partial charge in [0.15, 0.2) is 0 Å². The van der Waals surface area contributed by atoms with Gasteiger partial charge in [0.2, 0.25) is 10.0 Å². The van der Waals surface area contributed by atoms with Crippen molar-refractivity contribution >= 4 is 10.0 Å². The summed E-state index contributed by atoms with van der Waals surface area (Å²) in [6.45, 7) is 4.41. The van der Waals surface area contributed by atoms with Crippen LogP contribution in [0.15, 0.2) is 11.1 Å². The van der Waals surface area contributed by atoms with Crippen LogP contribution in [0.25, 0.3) is 0 Å². The van der Waals surface area contributed by atoms with Crippen LogP contribution in [0.4, 0.5) is 0 Å². The Morgan fingerprint density at radius 3 is 2.50 bits per heavy atom.